The van der Waals surface area contributed by atoms with Gasteiger partial charge in [0.2, 0.25) is 0 Å². The van der Waals surface area contributed by atoms with Crippen LogP contribution >= 0.6 is 0 Å². The molecule has 106 valence electrons. The number of hydrogen-bond acceptors (Lipinski definition) is 5. The molecular weight excluding hydrogens is 250 g/mol. The lowest BCUT2D eigenvalue weighted by Crippen LogP contribution is -2.32. The summed E-state index contributed by atoms with van der Waals surface area (Å²) in [6, 6.07) is 5.34. The number of ether oxygens (including phenoxy) is 2. The number of aliphatic hydroxyl groups excluding tert-OH is 1. The molecule has 0 fully saturated rings. The first-order chi connectivity index (χ1) is 9.10. The highest BCUT2D eigenvalue weighted by Gasteiger charge is 2.13. The van der Waals surface area contributed by atoms with Gasteiger partial charge in [-0.05, 0) is 18.2 Å². The van der Waals surface area contributed by atoms with E-state index >= 15 is 0 Å². The Morgan fingerprint density at radius 3 is 2.58 bits per heavy atom. The van der Waals surface area contributed by atoms with E-state index in [4.69, 9.17) is 19.7 Å². The Labute approximate surface area is 112 Å². The molecule has 6 heteroatoms. The first-order valence-electron chi connectivity index (χ1n) is 5.86. The summed E-state index contributed by atoms with van der Waals surface area (Å²) in [5.41, 5.74) is 0.816. The number of benzene rings is 1. The van der Waals surface area contributed by atoms with E-state index in [9.17, 15) is 4.79 Å². The predicted molar refractivity (Wildman–Crippen MR) is 69.5 cm³/mol. The molecule has 0 aliphatic rings. The number of carboxylic acids is 1. The van der Waals surface area contributed by atoms with Crippen molar-refractivity contribution in [2.75, 3.05) is 33.9 Å². The van der Waals surface area contributed by atoms with Crippen LogP contribution in [0.15, 0.2) is 18.2 Å². The smallest absolute Gasteiger partial charge is 0.317 e. The molecule has 0 unspecified atom stereocenters. The molecule has 0 atom stereocenters. The van der Waals surface area contributed by atoms with Crippen LogP contribution in [0.4, 0.5) is 0 Å². The molecule has 0 amide bonds. The quantitative estimate of drug-likeness (QED) is 0.719. The van der Waals surface area contributed by atoms with Crippen molar-refractivity contribution in [3.63, 3.8) is 0 Å². The van der Waals surface area contributed by atoms with Crippen molar-refractivity contribution < 1.29 is 24.5 Å². The van der Waals surface area contributed by atoms with E-state index in [1.54, 1.807) is 37.3 Å². The van der Waals surface area contributed by atoms with E-state index in [1.165, 1.54) is 0 Å². The minimum atomic E-state index is -0.935. The van der Waals surface area contributed by atoms with Crippen LogP contribution in [0.3, 0.4) is 0 Å². The summed E-state index contributed by atoms with van der Waals surface area (Å²) >= 11 is 0. The Morgan fingerprint density at radius 1 is 1.32 bits per heavy atom. The van der Waals surface area contributed by atoms with Gasteiger partial charge in [0, 0.05) is 18.7 Å². The van der Waals surface area contributed by atoms with Crippen LogP contribution in [-0.4, -0.2) is 55.0 Å². The monoisotopic (exact) mass is 269 g/mol. The summed E-state index contributed by atoms with van der Waals surface area (Å²) in [6.45, 7) is 0.417. The molecule has 0 aliphatic heterocycles. The van der Waals surface area contributed by atoms with Gasteiger partial charge in [-0.3, -0.25) is 9.69 Å². The number of carboxylic acid groups (broad SMARTS) is 1. The zero-order valence-electron chi connectivity index (χ0n) is 11.1. The Morgan fingerprint density at radius 2 is 2.05 bits per heavy atom. The van der Waals surface area contributed by atoms with Crippen molar-refractivity contribution >= 4 is 5.97 Å². The third-order valence-electron chi connectivity index (χ3n) is 2.66. The molecule has 1 rings (SSSR count). The molecule has 0 radical (unpaired) electrons. The molecule has 0 spiro atoms. The van der Waals surface area contributed by atoms with Gasteiger partial charge in [0.25, 0.3) is 0 Å². The average molecular weight is 269 g/mol. The first-order valence-corrected chi connectivity index (χ1v) is 5.86. The third kappa shape index (κ3) is 4.76. The maximum Gasteiger partial charge on any atom is 0.317 e. The minimum absolute atomic E-state index is 0.0977. The standard InChI is InChI=1S/C13H19NO5/c1-18-11-3-4-12(19-2)10(7-11)8-14(5-6-15)9-13(16)17/h3-4,7,15H,5-6,8-9H2,1-2H3,(H,16,17). The van der Waals surface area contributed by atoms with Gasteiger partial charge in [-0.2, -0.15) is 0 Å². The maximum absolute atomic E-state index is 10.8. The van der Waals surface area contributed by atoms with Crippen LogP contribution < -0.4 is 9.47 Å². The van der Waals surface area contributed by atoms with E-state index in [0.717, 1.165) is 5.56 Å². The number of aliphatic carboxylic acids is 1. The minimum Gasteiger partial charge on any atom is -0.497 e. The summed E-state index contributed by atoms with van der Waals surface area (Å²) in [7, 11) is 3.12. The van der Waals surface area contributed by atoms with Crippen LogP contribution in [0.25, 0.3) is 0 Å². The second-order valence-electron chi connectivity index (χ2n) is 4.01. The topological polar surface area (TPSA) is 79.2 Å². The predicted octanol–water partition coefficient (Wildman–Crippen LogP) is 0.583. The molecule has 0 aromatic heterocycles. The van der Waals surface area contributed by atoms with Gasteiger partial charge in [0.15, 0.2) is 0 Å². The van der Waals surface area contributed by atoms with E-state index in [2.05, 4.69) is 0 Å². The molecule has 2 N–H and O–H groups in total. The fourth-order valence-corrected chi connectivity index (χ4v) is 1.79. The molecule has 0 heterocycles. The van der Waals surface area contributed by atoms with Gasteiger partial charge in [0.1, 0.15) is 11.5 Å². The van der Waals surface area contributed by atoms with Crippen LogP contribution in [0.5, 0.6) is 11.5 Å². The van der Waals surface area contributed by atoms with Gasteiger partial charge in [-0.25, -0.2) is 0 Å². The first kappa shape index (κ1) is 15.3. The number of rotatable bonds is 8. The Kier molecular flexibility index (Phi) is 6.11. The molecule has 19 heavy (non-hydrogen) atoms. The lowest BCUT2D eigenvalue weighted by molar-refractivity contribution is -0.138. The third-order valence-corrected chi connectivity index (χ3v) is 2.66. The number of aliphatic hydroxyl groups is 1. The summed E-state index contributed by atoms with van der Waals surface area (Å²) in [5, 5.41) is 17.8. The summed E-state index contributed by atoms with van der Waals surface area (Å²) in [4.78, 5) is 12.4. The van der Waals surface area contributed by atoms with Crippen molar-refractivity contribution in [1.29, 1.82) is 0 Å². The van der Waals surface area contributed by atoms with Crippen LogP contribution in [0, 0.1) is 0 Å². The summed E-state index contributed by atoms with van der Waals surface area (Å²) in [6.07, 6.45) is 0. The van der Waals surface area contributed by atoms with E-state index in [1.807, 2.05) is 0 Å². The van der Waals surface area contributed by atoms with Crippen molar-refractivity contribution in [3.8, 4) is 11.5 Å². The van der Waals surface area contributed by atoms with Crippen LogP contribution in [0.1, 0.15) is 5.56 Å². The number of nitrogens with zero attached hydrogens (tertiary/aromatic N) is 1. The molecule has 0 saturated heterocycles. The molecular formula is C13H19NO5. The van der Waals surface area contributed by atoms with Crippen molar-refractivity contribution in [2.24, 2.45) is 0 Å². The van der Waals surface area contributed by atoms with E-state index in [0.29, 0.717) is 18.0 Å². The zero-order chi connectivity index (χ0) is 14.3. The fraction of sp³-hybridized carbons (Fsp3) is 0.462. The van der Waals surface area contributed by atoms with Gasteiger partial charge in [0.05, 0.1) is 27.4 Å². The highest BCUT2D eigenvalue weighted by molar-refractivity contribution is 5.69. The second-order valence-corrected chi connectivity index (χ2v) is 4.01. The normalized spacial score (nSPS) is 10.5. The molecule has 6 nitrogen and oxygen atoms in total. The Hall–Kier alpha value is -1.79. The summed E-state index contributed by atoms with van der Waals surface area (Å²) in [5.74, 6) is 0.402. The van der Waals surface area contributed by atoms with E-state index < -0.39 is 5.97 Å². The molecule has 1 aromatic rings. The van der Waals surface area contributed by atoms with Gasteiger partial charge in [-0.15, -0.1) is 0 Å². The highest BCUT2D eigenvalue weighted by atomic mass is 16.5. The average Bonchev–Trinajstić information content (AvgIpc) is 2.38. The maximum atomic E-state index is 10.8. The lowest BCUT2D eigenvalue weighted by atomic mass is 10.1. The molecule has 0 saturated carbocycles. The number of carbonyl (C=O) groups is 1. The number of methoxy groups -OCH3 is 2. The van der Waals surface area contributed by atoms with Crippen molar-refractivity contribution in [1.82, 2.24) is 4.90 Å². The second kappa shape index (κ2) is 7.60. The van der Waals surface area contributed by atoms with Gasteiger partial charge in [-0.1, -0.05) is 0 Å². The SMILES string of the molecule is COc1ccc(OC)c(CN(CCO)CC(=O)O)c1. The molecule has 0 bridgehead atoms. The largest absolute Gasteiger partial charge is 0.497 e. The molecule has 1 aromatic carbocycles. The Bertz CT molecular complexity index is 421. The molecule has 0 aliphatic carbocycles. The van der Waals surface area contributed by atoms with Crippen molar-refractivity contribution in [3.05, 3.63) is 23.8 Å². The van der Waals surface area contributed by atoms with Gasteiger partial charge < -0.3 is 19.7 Å². The van der Waals surface area contributed by atoms with Crippen LogP contribution in [-0.2, 0) is 11.3 Å². The Balaban J connectivity index is 2.89. The lowest BCUT2D eigenvalue weighted by Gasteiger charge is -2.20. The summed E-state index contributed by atoms with van der Waals surface area (Å²) < 4.78 is 10.4. The van der Waals surface area contributed by atoms with Crippen LogP contribution in [0.2, 0.25) is 0 Å². The number of hydrogen-bond donors (Lipinski definition) is 2. The van der Waals surface area contributed by atoms with E-state index in [-0.39, 0.29) is 19.7 Å². The van der Waals surface area contributed by atoms with Gasteiger partial charge >= 0.3 is 5.97 Å². The fourth-order valence-electron chi connectivity index (χ4n) is 1.79. The zero-order valence-corrected chi connectivity index (χ0v) is 11.1. The van der Waals surface area contributed by atoms with Crippen molar-refractivity contribution in [2.45, 2.75) is 6.54 Å². The highest BCUT2D eigenvalue weighted by Crippen LogP contribution is 2.25.